The van der Waals surface area contributed by atoms with Gasteiger partial charge in [0.15, 0.2) is 0 Å². The Balaban J connectivity index is 2.29. The first-order chi connectivity index (χ1) is 9.10. The van der Waals surface area contributed by atoms with Gasteiger partial charge in [-0.05, 0) is 24.6 Å². The molecule has 2 rings (SSSR count). The van der Waals surface area contributed by atoms with Crippen LogP contribution in [0.3, 0.4) is 0 Å². The molecule has 0 aliphatic rings. The van der Waals surface area contributed by atoms with E-state index in [4.69, 9.17) is 5.73 Å². The predicted molar refractivity (Wildman–Crippen MR) is 71.9 cm³/mol. The van der Waals surface area contributed by atoms with E-state index in [0.29, 0.717) is 19.5 Å². The van der Waals surface area contributed by atoms with Crippen LogP contribution in [0.1, 0.15) is 23.9 Å². The third-order valence-electron chi connectivity index (χ3n) is 2.82. The Hall–Kier alpha value is -2.01. The van der Waals surface area contributed by atoms with Gasteiger partial charge in [0.2, 0.25) is 0 Å². The molecule has 0 fully saturated rings. The number of nitrogens with two attached hydrogens (primary N) is 1. The molecular formula is C14H17FN4. The van der Waals surface area contributed by atoms with Gasteiger partial charge in [-0.1, -0.05) is 29.5 Å². The maximum absolute atomic E-state index is 12.9. The van der Waals surface area contributed by atoms with Gasteiger partial charge in [-0.2, -0.15) is 0 Å². The van der Waals surface area contributed by atoms with Crippen molar-refractivity contribution < 1.29 is 4.39 Å². The standard InChI is InChI=1S/C14H17FN4/c1-10(2)9-19-14(13(8-16)17-18-19)7-11-3-5-12(15)6-4-11/h3-6H,1,7-9,16H2,2H3. The summed E-state index contributed by atoms with van der Waals surface area (Å²) in [5.41, 5.74) is 9.39. The van der Waals surface area contributed by atoms with E-state index in [-0.39, 0.29) is 5.82 Å². The molecule has 100 valence electrons. The van der Waals surface area contributed by atoms with Gasteiger partial charge >= 0.3 is 0 Å². The van der Waals surface area contributed by atoms with Gasteiger partial charge < -0.3 is 5.73 Å². The molecule has 0 unspecified atom stereocenters. The van der Waals surface area contributed by atoms with E-state index < -0.39 is 0 Å². The number of halogens is 1. The number of nitrogens with zero attached hydrogens (tertiary/aromatic N) is 3. The number of hydrogen-bond donors (Lipinski definition) is 1. The molecule has 1 aromatic heterocycles. The Morgan fingerprint density at radius 1 is 1.37 bits per heavy atom. The van der Waals surface area contributed by atoms with Crippen LogP contribution in [0.5, 0.6) is 0 Å². The number of aromatic nitrogens is 3. The highest BCUT2D eigenvalue weighted by atomic mass is 19.1. The molecular weight excluding hydrogens is 243 g/mol. The van der Waals surface area contributed by atoms with Crippen LogP contribution in [-0.2, 0) is 19.5 Å². The van der Waals surface area contributed by atoms with Crippen molar-refractivity contribution in [3.05, 3.63) is 59.2 Å². The fraction of sp³-hybridized carbons (Fsp3) is 0.286. The minimum atomic E-state index is -0.239. The third kappa shape index (κ3) is 3.26. The molecule has 0 aliphatic carbocycles. The summed E-state index contributed by atoms with van der Waals surface area (Å²) in [6, 6.07) is 6.41. The quantitative estimate of drug-likeness (QED) is 0.837. The fourth-order valence-electron chi connectivity index (χ4n) is 1.90. The van der Waals surface area contributed by atoms with E-state index in [9.17, 15) is 4.39 Å². The van der Waals surface area contributed by atoms with E-state index in [1.54, 1.807) is 16.8 Å². The van der Waals surface area contributed by atoms with Crippen molar-refractivity contribution in [2.45, 2.75) is 26.4 Å². The topological polar surface area (TPSA) is 56.7 Å². The van der Waals surface area contributed by atoms with E-state index in [0.717, 1.165) is 22.5 Å². The number of benzene rings is 1. The summed E-state index contributed by atoms with van der Waals surface area (Å²) in [7, 11) is 0. The first-order valence-electron chi connectivity index (χ1n) is 6.10. The van der Waals surface area contributed by atoms with Crippen LogP contribution in [0, 0.1) is 5.82 Å². The van der Waals surface area contributed by atoms with Crippen LogP contribution in [-0.4, -0.2) is 15.0 Å². The summed E-state index contributed by atoms with van der Waals surface area (Å²) in [6.45, 7) is 6.77. The zero-order valence-electron chi connectivity index (χ0n) is 10.9. The number of hydrogen-bond acceptors (Lipinski definition) is 3. The van der Waals surface area contributed by atoms with Crippen LogP contribution < -0.4 is 5.73 Å². The second-order valence-electron chi connectivity index (χ2n) is 4.60. The lowest BCUT2D eigenvalue weighted by Gasteiger charge is -2.07. The second kappa shape index (κ2) is 5.75. The number of allylic oxidation sites excluding steroid dienone is 1. The SMILES string of the molecule is C=C(C)Cn1nnc(CN)c1Cc1ccc(F)cc1. The molecule has 0 amide bonds. The molecule has 1 aromatic carbocycles. The first-order valence-corrected chi connectivity index (χ1v) is 6.10. The molecule has 0 saturated heterocycles. The first kappa shape index (κ1) is 13.4. The lowest BCUT2D eigenvalue weighted by atomic mass is 10.1. The van der Waals surface area contributed by atoms with Gasteiger partial charge in [0.05, 0.1) is 17.9 Å². The highest BCUT2D eigenvalue weighted by Crippen LogP contribution is 2.14. The molecule has 0 aliphatic heterocycles. The Labute approximate surface area is 111 Å². The molecule has 2 aromatic rings. The van der Waals surface area contributed by atoms with Crippen molar-refractivity contribution in [2.24, 2.45) is 5.73 Å². The summed E-state index contributed by atoms with van der Waals surface area (Å²) in [6.07, 6.45) is 0.632. The normalized spacial score (nSPS) is 10.7. The average Bonchev–Trinajstić information content (AvgIpc) is 2.74. The highest BCUT2D eigenvalue weighted by Gasteiger charge is 2.12. The van der Waals surface area contributed by atoms with Gasteiger partial charge in [-0.15, -0.1) is 5.10 Å². The van der Waals surface area contributed by atoms with Gasteiger partial charge in [0.1, 0.15) is 5.82 Å². The maximum Gasteiger partial charge on any atom is 0.123 e. The molecule has 0 spiro atoms. The van der Waals surface area contributed by atoms with Crippen LogP contribution in [0.15, 0.2) is 36.4 Å². The van der Waals surface area contributed by atoms with E-state index >= 15 is 0 Å². The molecule has 19 heavy (non-hydrogen) atoms. The van der Waals surface area contributed by atoms with Crippen molar-refractivity contribution in [3.8, 4) is 0 Å². The predicted octanol–water partition coefficient (Wildman–Crippen LogP) is 2.04. The zero-order valence-corrected chi connectivity index (χ0v) is 10.9. The van der Waals surface area contributed by atoms with Crippen LogP contribution in [0.2, 0.25) is 0 Å². The minimum absolute atomic E-state index is 0.239. The van der Waals surface area contributed by atoms with Crippen LogP contribution in [0.4, 0.5) is 4.39 Å². The Morgan fingerprint density at radius 2 is 2.05 bits per heavy atom. The van der Waals surface area contributed by atoms with Crippen LogP contribution in [0.25, 0.3) is 0 Å². The van der Waals surface area contributed by atoms with Crippen molar-refractivity contribution >= 4 is 0 Å². The average molecular weight is 260 g/mol. The molecule has 0 atom stereocenters. The molecule has 4 nitrogen and oxygen atoms in total. The number of rotatable bonds is 5. The van der Waals surface area contributed by atoms with E-state index in [1.165, 1.54) is 12.1 Å². The molecule has 0 saturated carbocycles. The maximum atomic E-state index is 12.9. The molecule has 0 bridgehead atoms. The van der Waals surface area contributed by atoms with Crippen molar-refractivity contribution in [3.63, 3.8) is 0 Å². The Bertz CT molecular complexity index is 572. The zero-order chi connectivity index (χ0) is 13.8. The third-order valence-corrected chi connectivity index (χ3v) is 2.82. The fourth-order valence-corrected chi connectivity index (χ4v) is 1.90. The molecule has 5 heteroatoms. The second-order valence-corrected chi connectivity index (χ2v) is 4.60. The summed E-state index contributed by atoms with van der Waals surface area (Å²) in [5.74, 6) is -0.239. The lowest BCUT2D eigenvalue weighted by Crippen LogP contribution is -2.09. The monoisotopic (exact) mass is 260 g/mol. The van der Waals surface area contributed by atoms with Crippen LogP contribution >= 0.6 is 0 Å². The molecule has 0 radical (unpaired) electrons. The van der Waals surface area contributed by atoms with E-state index in [2.05, 4.69) is 16.9 Å². The largest absolute Gasteiger partial charge is 0.325 e. The van der Waals surface area contributed by atoms with Crippen molar-refractivity contribution in [1.82, 2.24) is 15.0 Å². The lowest BCUT2D eigenvalue weighted by molar-refractivity contribution is 0.617. The van der Waals surface area contributed by atoms with Gasteiger partial charge in [0, 0.05) is 13.0 Å². The Morgan fingerprint density at radius 3 is 2.63 bits per heavy atom. The smallest absolute Gasteiger partial charge is 0.123 e. The summed E-state index contributed by atoms with van der Waals surface area (Å²) in [4.78, 5) is 0. The van der Waals surface area contributed by atoms with Crippen molar-refractivity contribution in [1.29, 1.82) is 0 Å². The Kier molecular flexibility index (Phi) is 4.06. The summed E-state index contributed by atoms with van der Waals surface area (Å²) < 4.78 is 14.7. The van der Waals surface area contributed by atoms with E-state index in [1.807, 2.05) is 6.92 Å². The highest BCUT2D eigenvalue weighted by molar-refractivity contribution is 5.24. The molecule has 1 heterocycles. The van der Waals surface area contributed by atoms with Gasteiger partial charge in [-0.25, -0.2) is 9.07 Å². The minimum Gasteiger partial charge on any atom is -0.325 e. The summed E-state index contributed by atoms with van der Waals surface area (Å²) >= 11 is 0. The van der Waals surface area contributed by atoms with Gasteiger partial charge in [0.25, 0.3) is 0 Å². The molecule has 2 N–H and O–H groups in total. The van der Waals surface area contributed by atoms with Gasteiger partial charge in [-0.3, -0.25) is 0 Å². The van der Waals surface area contributed by atoms with Crippen molar-refractivity contribution in [2.75, 3.05) is 0 Å². The summed E-state index contributed by atoms with van der Waals surface area (Å²) in [5, 5.41) is 8.17.